The maximum absolute atomic E-state index is 13.7. The van der Waals surface area contributed by atoms with Crippen molar-refractivity contribution in [2.24, 2.45) is 0 Å². The van der Waals surface area contributed by atoms with Gasteiger partial charge in [-0.1, -0.05) is 17.7 Å². The summed E-state index contributed by atoms with van der Waals surface area (Å²) in [4.78, 5) is 13.5. The van der Waals surface area contributed by atoms with Crippen LogP contribution in [0.25, 0.3) is 0 Å². The molecule has 0 saturated carbocycles. The monoisotopic (exact) mass is 314 g/mol. The summed E-state index contributed by atoms with van der Waals surface area (Å²) in [6.45, 7) is 1.99. The van der Waals surface area contributed by atoms with Gasteiger partial charge in [-0.05, 0) is 38.1 Å². The van der Waals surface area contributed by atoms with E-state index >= 15 is 0 Å². The van der Waals surface area contributed by atoms with E-state index in [4.69, 9.17) is 16.3 Å². The fraction of sp³-hybridized carbons (Fsp3) is 0.533. The zero-order chi connectivity index (χ0) is 15.2. The maximum Gasteiger partial charge on any atom is 0.248 e. The highest BCUT2D eigenvalue weighted by Crippen LogP contribution is 2.20. The molecule has 1 aromatic rings. The number of rotatable bonds is 5. The molecule has 4 nitrogen and oxygen atoms in total. The fourth-order valence-electron chi connectivity index (χ4n) is 2.27. The van der Waals surface area contributed by atoms with Gasteiger partial charge in [0.1, 0.15) is 12.4 Å². The lowest BCUT2D eigenvalue weighted by molar-refractivity contribution is -0.137. The molecule has 1 N–H and O–H groups in total. The van der Waals surface area contributed by atoms with Crippen LogP contribution in [0, 0.1) is 5.82 Å². The van der Waals surface area contributed by atoms with Crippen LogP contribution in [0.3, 0.4) is 0 Å². The van der Waals surface area contributed by atoms with Crippen LogP contribution in [-0.4, -0.2) is 43.7 Å². The Hall–Kier alpha value is -1.17. The molecule has 0 aliphatic carbocycles. The number of piperidine rings is 1. The van der Waals surface area contributed by atoms with Crippen molar-refractivity contribution in [3.05, 3.63) is 34.6 Å². The molecule has 1 fully saturated rings. The first-order valence-electron chi connectivity index (χ1n) is 7.07. The number of halogens is 2. The minimum Gasteiger partial charge on any atom is -0.368 e. The first-order valence-corrected chi connectivity index (χ1v) is 7.45. The fourth-order valence-corrected chi connectivity index (χ4v) is 2.49. The first kappa shape index (κ1) is 16.2. The van der Waals surface area contributed by atoms with Crippen molar-refractivity contribution < 1.29 is 13.9 Å². The number of carbonyl (C=O) groups excluding carboxylic acids is 1. The molecule has 1 aromatic carbocycles. The van der Waals surface area contributed by atoms with E-state index in [1.165, 1.54) is 11.0 Å². The topological polar surface area (TPSA) is 41.6 Å². The largest absolute Gasteiger partial charge is 0.368 e. The van der Waals surface area contributed by atoms with Crippen molar-refractivity contribution in [1.29, 1.82) is 0 Å². The van der Waals surface area contributed by atoms with Crippen molar-refractivity contribution in [3.8, 4) is 0 Å². The Labute approximate surface area is 129 Å². The van der Waals surface area contributed by atoms with Crippen molar-refractivity contribution in [1.82, 2.24) is 10.2 Å². The normalized spacial score (nSPS) is 16.0. The van der Waals surface area contributed by atoms with Crippen molar-refractivity contribution >= 4 is 17.5 Å². The van der Waals surface area contributed by atoms with Gasteiger partial charge in [-0.3, -0.25) is 4.79 Å². The number of nitrogens with one attached hydrogen (secondary N) is 1. The van der Waals surface area contributed by atoms with Crippen molar-refractivity contribution in [2.75, 3.05) is 26.7 Å². The number of benzene rings is 1. The van der Waals surface area contributed by atoms with Crippen LogP contribution in [0.5, 0.6) is 0 Å². The Morgan fingerprint density at radius 3 is 2.86 bits per heavy atom. The molecule has 6 heteroatoms. The molecule has 1 heterocycles. The van der Waals surface area contributed by atoms with Gasteiger partial charge < -0.3 is 15.0 Å². The van der Waals surface area contributed by atoms with E-state index in [1.54, 1.807) is 19.2 Å². The molecule has 116 valence electrons. The lowest BCUT2D eigenvalue weighted by Gasteiger charge is -2.24. The zero-order valence-corrected chi connectivity index (χ0v) is 12.8. The Bertz CT molecular complexity index is 472. The van der Waals surface area contributed by atoms with Gasteiger partial charge in [-0.15, -0.1) is 0 Å². The van der Waals surface area contributed by atoms with Crippen molar-refractivity contribution in [3.63, 3.8) is 0 Å². The Morgan fingerprint density at radius 1 is 1.48 bits per heavy atom. The van der Waals surface area contributed by atoms with E-state index in [9.17, 15) is 9.18 Å². The zero-order valence-electron chi connectivity index (χ0n) is 12.1. The van der Waals surface area contributed by atoms with Crippen LogP contribution < -0.4 is 5.32 Å². The second-order valence-electron chi connectivity index (χ2n) is 5.21. The molecule has 1 saturated heterocycles. The summed E-state index contributed by atoms with van der Waals surface area (Å²) in [5, 5.41) is 3.57. The number of nitrogens with zero attached hydrogens (tertiary/aromatic N) is 1. The average molecular weight is 315 g/mol. The maximum atomic E-state index is 13.7. The molecular weight excluding hydrogens is 295 g/mol. The molecule has 2 rings (SSSR count). The lowest BCUT2D eigenvalue weighted by atomic mass is 10.1. The number of carbonyl (C=O) groups is 1. The standard InChI is InChI=1S/C15H20ClFN2O2/c1-19(9-12-13(16)3-2-4-14(12)17)15(20)10-21-11-5-7-18-8-6-11/h2-4,11,18H,5-10H2,1H3. The number of hydrogen-bond donors (Lipinski definition) is 1. The molecule has 1 amide bonds. The van der Waals surface area contributed by atoms with Gasteiger partial charge in [0.25, 0.3) is 0 Å². The molecule has 0 bridgehead atoms. The second kappa shape index (κ2) is 7.73. The molecule has 1 aliphatic rings. The summed E-state index contributed by atoms with van der Waals surface area (Å²) in [5.41, 5.74) is 0.330. The molecular formula is C15H20ClFN2O2. The lowest BCUT2D eigenvalue weighted by Crippen LogP contribution is -2.36. The summed E-state index contributed by atoms with van der Waals surface area (Å²) in [6.07, 6.45) is 1.95. The summed E-state index contributed by atoms with van der Waals surface area (Å²) in [6, 6.07) is 4.50. The van der Waals surface area contributed by atoms with Crippen LogP contribution in [-0.2, 0) is 16.1 Å². The Balaban J connectivity index is 1.84. The average Bonchev–Trinajstić information content (AvgIpc) is 2.49. The highest BCUT2D eigenvalue weighted by atomic mass is 35.5. The Kier molecular flexibility index (Phi) is 5.96. The third-order valence-electron chi connectivity index (χ3n) is 3.61. The molecule has 21 heavy (non-hydrogen) atoms. The Morgan fingerprint density at radius 2 is 2.19 bits per heavy atom. The summed E-state index contributed by atoms with van der Waals surface area (Å²) >= 11 is 5.96. The van der Waals surface area contributed by atoms with Gasteiger partial charge in [0, 0.05) is 24.2 Å². The summed E-state index contributed by atoms with van der Waals surface area (Å²) < 4.78 is 19.3. The smallest absolute Gasteiger partial charge is 0.248 e. The van der Waals surface area contributed by atoms with E-state index in [-0.39, 0.29) is 25.2 Å². The van der Waals surface area contributed by atoms with Crippen LogP contribution in [0.4, 0.5) is 4.39 Å². The van der Waals surface area contributed by atoms with E-state index in [0.717, 1.165) is 25.9 Å². The van der Waals surface area contributed by atoms with Crippen LogP contribution in [0.2, 0.25) is 5.02 Å². The minimum absolute atomic E-state index is 0.0211. The van der Waals surface area contributed by atoms with Gasteiger partial charge in [0.05, 0.1) is 6.10 Å². The van der Waals surface area contributed by atoms with Gasteiger partial charge in [0.2, 0.25) is 5.91 Å². The highest BCUT2D eigenvalue weighted by molar-refractivity contribution is 6.31. The quantitative estimate of drug-likeness (QED) is 0.906. The van der Waals surface area contributed by atoms with Gasteiger partial charge in [-0.25, -0.2) is 4.39 Å². The predicted octanol–water partition coefficient (Wildman–Crippen LogP) is 2.21. The molecule has 0 spiro atoms. The number of amides is 1. The molecule has 1 aliphatic heterocycles. The second-order valence-corrected chi connectivity index (χ2v) is 5.62. The molecule has 0 atom stereocenters. The first-order chi connectivity index (χ1) is 10.1. The van der Waals surface area contributed by atoms with E-state index < -0.39 is 5.82 Å². The highest BCUT2D eigenvalue weighted by Gasteiger charge is 2.18. The van der Waals surface area contributed by atoms with Gasteiger partial charge >= 0.3 is 0 Å². The summed E-state index contributed by atoms with van der Waals surface area (Å²) in [5.74, 6) is -0.575. The minimum atomic E-state index is -0.401. The summed E-state index contributed by atoms with van der Waals surface area (Å²) in [7, 11) is 1.62. The predicted molar refractivity (Wildman–Crippen MR) is 79.7 cm³/mol. The number of likely N-dealkylation sites (N-methyl/N-ethyl adjacent to an activating group) is 1. The van der Waals surface area contributed by atoms with Crippen molar-refractivity contribution in [2.45, 2.75) is 25.5 Å². The van der Waals surface area contributed by atoms with Crippen LogP contribution >= 0.6 is 11.6 Å². The number of ether oxygens (including phenoxy) is 1. The van der Waals surface area contributed by atoms with E-state index in [0.29, 0.717) is 10.6 Å². The van der Waals surface area contributed by atoms with Crippen LogP contribution in [0.15, 0.2) is 18.2 Å². The van der Waals surface area contributed by atoms with Gasteiger partial charge in [-0.2, -0.15) is 0 Å². The number of hydrogen-bond acceptors (Lipinski definition) is 3. The SMILES string of the molecule is CN(Cc1c(F)cccc1Cl)C(=O)COC1CCNCC1. The third-order valence-corrected chi connectivity index (χ3v) is 3.97. The third kappa shape index (κ3) is 4.66. The molecule has 0 unspecified atom stereocenters. The molecule has 0 radical (unpaired) electrons. The van der Waals surface area contributed by atoms with E-state index in [1.807, 2.05) is 0 Å². The molecule has 0 aromatic heterocycles. The van der Waals surface area contributed by atoms with E-state index in [2.05, 4.69) is 5.32 Å². The van der Waals surface area contributed by atoms with Gasteiger partial charge in [0.15, 0.2) is 0 Å². The van der Waals surface area contributed by atoms with Crippen LogP contribution in [0.1, 0.15) is 18.4 Å².